The molecule has 2 fully saturated rings. The number of nitrogens with zero attached hydrogens (tertiary/aromatic N) is 1. The Labute approximate surface area is 133 Å². The van der Waals surface area contributed by atoms with E-state index in [2.05, 4.69) is 4.90 Å². The van der Waals surface area contributed by atoms with Crippen molar-refractivity contribution in [3.63, 3.8) is 0 Å². The molecule has 2 aliphatic heterocycles. The van der Waals surface area contributed by atoms with Crippen LogP contribution in [-0.2, 0) is 15.4 Å². The van der Waals surface area contributed by atoms with Gasteiger partial charge in [0.25, 0.3) is 0 Å². The van der Waals surface area contributed by atoms with E-state index in [1.165, 1.54) is 0 Å². The number of rotatable bonds is 4. The van der Waals surface area contributed by atoms with Crippen LogP contribution in [0.1, 0.15) is 30.4 Å². The number of likely N-dealkylation sites (tertiary alicyclic amines) is 1. The highest BCUT2D eigenvalue weighted by Crippen LogP contribution is 2.34. The quantitative estimate of drug-likeness (QED) is 0.916. The Balaban J connectivity index is 1.57. The minimum Gasteiger partial charge on any atom is -0.384 e. The van der Waals surface area contributed by atoms with E-state index in [1.54, 1.807) is 0 Å². The molecule has 4 nitrogen and oxygen atoms in total. The van der Waals surface area contributed by atoms with Gasteiger partial charge < -0.3 is 5.11 Å². The monoisotopic (exact) mass is 323 g/mol. The summed E-state index contributed by atoms with van der Waals surface area (Å²) in [5, 5.41) is 11.0. The van der Waals surface area contributed by atoms with Crippen molar-refractivity contribution in [2.24, 2.45) is 5.92 Å². The van der Waals surface area contributed by atoms with Gasteiger partial charge in [-0.15, -0.1) is 0 Å². The first-order chi connectivity index (χ1) is 10.4. The Morgan fingerprint density at radius 1 is 1.36 bits per heavy atom. The minimum absolute atomic E-state index is 0.303. The highest BCUT2D eigenvalue weighted by Gasteiger charge is 2.38. The summed E-state index contributed by atoms with van der Waals surface area (Å²) in [5.41, 5.74) is 1.40. The molecule has 0 radical (unpaired) electrons. The standard InChI is InChI=1S/C17H25NO3S/c1-14-4-2-3-5-16(14)17(19)8-10-18(13-17)9-6-15-7-11-22(20,21)12-15/h2-5,15,19H,6-13H2,1H3/t15-,17+/m1/s1. The zero-order valence-electron chi connectivity index (χ0n) is 13.2. The van der Waals surface area contributed by atoms with E-state index >= 15 is 0 Å². The predicted octanol–water partition coefficient (Wildman–Crippen LogP) is 1.71. The first-order valence-electron chi connectivity index (χ1n) is 8.09. The maximum atomic E-state index is 11.5. The van der Waals surface area contributed by atoms with Crippen LogP contribution in [0.2, 0.25) is 0 Å². The molecular formula is C17H25NO3S. The molecule has 0 aliphatic carbocycles. The van der Waals surface area contributed by atoms with Gasteiger partial charge >= 0.3 is 0 Å². The summed E-state index contributed by atoms with van der Waals surface area (Å²) in [4.78, 5) is 2.28. The van der Waals surface area contributed by atoms with Gasteiger partial charge in [-0.1, -0.05) is 24.3 Å². The molecule has 0 bridgehead atoms. The zero-order valence-corrected chi connectivity index (χ0v) is 14.0. The second kappa shape index (κ2) is 5.95. The normalized spacial score (nSPS) is 31.6. The van der Waals surface area contributed by atoms with Crippen LogP contribution in [0, 0.1) is 12.8 Å². The van der Waals surface area contributed by atoms with Gasteiger partial charge in [0.2, 0.25) is 0 Å². The molecule has 2 aliphatic rings. The first kappa shape index (κ1) is 16.0. The second-order valence-electron chi connectivity index (χ2n) is 6.93. The molecule has 122 valence electrons. The Morgan fingerprint density at radius 3 is 2.82 bits per heavy atom. The van der Waals surface area contributed by atoms with E-state index in [9.17, 15) is 13.5 Å². The molecule has 0 aromatic heterocycles. The molecule has 22 heavy (non-hydrogen) atoms. The summed E-state index contributed by atoms with van der Waals surface area (Å²) < 4.78 is 23.0. The lowest BCUT2D eigenvalue weighted by Crippen LogP contribution is -2.32. The van der Waals surface area contributed by atoms with E-state index in [0.29, 0.717) is 24.0 Å². The molecule has 5 heteroatoms. The average molecular weight is 323 g/mol. The van der Waals surface area contributed by atoms with Gasteiger partial charge in [-0.2, -0.15) is 0 Å². The Morgan fingerprint density at radius 2 is 2.14 bits per heavy atom. The van der Waals surface area contributed by atoms with Crippen molar-refractivity contribution >= 4 is 9.84 Å². The summed E-state index contributed by atoms with van der Waals surface area (Å²) >= 11 is 0. The molecule has 0 spiro atoms. The molecular weight excluding hydrogens is 298 g/mol. The SMILES string of the molecule is Cc1ccccc1[C@]1(O)CCN(CC[C@@H]2CCS(=O)(=O)C2)C1. The van der Waals surface area contributed by atoms with Crippen LogP contribution in [0.5, 0.6) is 0 Å². The van der Waals surface area contributed by atoms with Gasteiger partial charge in [-0.25, -0.2) is 8.42 Å². The van der Waals surface area contributed by atoms with Crippen molar-refractivity contribution in [1.82, 2.24) is 4.90 Å². The fourth-order valence-corrected chi connectivity index (χ4v) is 5.75. The topological polar surface area (TPSA) is 57.6 Å². The van der Waals surface area contributed by atoms with E-state index in [0.717, 1.165) is 43.5 Å². The lowest BCUT2D eigenvalue weighted by Gasteiger charge is -2.26. The van der Waals surface area contributed by atoms with Gasteiger partial charge in [0.1, 0.15) is 5.60 Å². The summed E-state index contributed by atoms with van der Waals surface area (Å²) in [6.07, 6.45) is 2.47. The van der Waals surface area contributed by atoms with Gasteiger partial charge in [0.15, 0.2) is 9.84 Å². The molecule has 2 atom stereocenters. The second-order valence-corrected chi connectivity index (χ2v) is 9.16. The summed E-state index contributed by atoms with van der Waals surface area (Å²) in [5.74, 6) is 1.01. The highest BCUT2D eigenvalue weighted by molar-refractivity contribution is 7.91. The smallest absolute Gasteiger partial charge is 0.150 e. The van der Waals surface area contributed by atoms with Gasteiger partial charge in [0.05, 0.1) is 11.5 Å². The lowest BCUT2D eigenvalue weighted by molar-refractivity contribution is 0.0450. The van der Waals surface area contributed by atoms with Crippen molar-refractivity contribution in [3.8, 4) is 0 Å². The molecule has 0 unspecified atom stereocenters. The molecule has 1 aromatic rings. The maximum absolute atomic E-state index is 11.5. The Kier molecular flexibility index (Phi) is 4.32. The van der Waals surface area contributed by atoms with E-state index < -0.39 is 15.4 Å². The van der Waals surface area contributed by atoms with E-state index in [-0.39, 0.29) is 0 Å². The van der Waals surface area contributed by atoms with Crippen LogP contribution in [-0.4, -0.2) is 49.6 Å². The van der Waals surface area contributed by atoms with Crippen LogP contribution < -0.4 is 0 Å². The molecule has 1 aromatic carbocycles. The van der Waals surface area contributed by atoms with Crippen molar-refractivity contribution in [2.45, 2.75) is 31.8 Å². The molecule has 2 heterocycles. The summed E-state index contributed by atoms with van der Waals surface area (Å²) in [7, 11) is -2.78. The third-order valence-electron chi connectivity index (χ3n) is 5.15. The molecule has 3 rings (SSSR count). The highest BCUT2D eigenvalue weighted by atomic mass is 32.2. The van der Waals surface area contributed by atoms with Crippen LogP contribution in [0.25, 0.3) is 0 Å². The number of hydrogen-bond donors (Lipinski definition) is 1. The maximum Gasteiger partial charge on any atom is 0.150 e. The largest absolute Gasteiger partial charge is 0.384 e. The number of β-amino-alcohol motifs (C(OH)–C–C–N with tert-alkyl or cyclic N) is 1. The number of aliphatic hydroxyl groups is 1. The molecule has 1 N–H and O–H groups in total. The Hall–Kier alpha value is -0.910. The van der Waals surface area contributed by atoms with Crippen molar-refractivity contribution in [1.29, 1.82) is 0 Å². The van der Waals surface area contributed by atoms with Crippen molar-refractivity contribution in [3.05, 3.63) is 35.4 Å². The van der Waals surface area contributed by atoms with Crippen LogP contribution in [0.3, 0.4) is 0 Å². The third kappa shape index (κ3) is 3.36. The average Bonchev–Trinajstić information content (AvgIpc) is 3.01. The fraction of sp³-hybridized carbons (Fsp3) is 0.647. The summed E-state index contributed by atoms with van der Waals surface area (Å²) in [6, 6.07) is 8.03. The van der Waals surface area contributed by atoms with Crippen LogP contribution in [0.15, 0.2) is 24.3 Å². The number of sulfone groups is 1. The fourth-order valence-electron chi connectivity index (χ4n) is 3.84. The van der Waals surface area contributed by atoms with Crippen molar-refractivity contribution < 1.29 is 13.5 Å². The van der Waals surface area contributed by atoms with Crippen LogP contribution in [0.4, 0.5) is 0 Å². The van der Waals surface area contributed by atoms with Crippen LogP contribution >= 0.6 is 0 Å². The van der Waals surface area contributed by atoms with E-state index in [1.807, 2.05) is 31.2 Å². The number of hydrogen-bond acceptors (Lipinski definition) is 4. The van der Waals surface area contributed by atoms with E-state index in [4.69, 9.17) is 0 Å². The summed E-state index contributed by atoms with van der Waals surface area (Å²) in [6.45, 7) is 4.45. The van der Waals surface area contributed by atoms with Gasteiger partial charge in [-0.3, -0.25) is 4.90 Å². The van der Waals surface area contributed by atoms with Gasteiger partial charge in [0, 0.05) is 13.1 Å². The minimum atomic E-state index is -2.78. The molecule has 0 saturated carbocycles. The predicted molar refractivity (Wildman–Crippen MR) is 87.5 cm³/mol. The molecule has 2 saturated heterocycles. The zero-order chi connectivity index (χ0) is 15.8. The Bertz CT molecular complexity index is 643. The third-order valence-corrected chi connectivity index (χ3v) is 6.99. The number of aryl methyl sites for hydroxylation is 1. The first-order valence-corrected chi connectivity index (χ1v) is 9.91. The molecule has 0 amide bonds. The van der Waals surface area contributed by atoms with Crippen molar-refractivity contribution in [2.75, 3.05) is 31.1 Å². The number of benzene rings is 1. The van der Waals surface area contributed by atoms with Gasteiger partial charge in [-0.05, 0) is 49.8 Å². The lowest BCUT2D eigenvalue weighted by atomic mass is 9.89.